The van der Waals surface area contributed by atoms with E-state index in [-0.39, 0.29) is 5.91 Å². The van der Waals surface area contributed by atoms with Crippen LogP contribution in [0.2, 0.25) is 0 Å². The Morgan fingerprint density at radius 2 is 1.94 bits per heavy atom. The van der Waals surface area contributed by atoms with Gasteiger partial charge in [0.25, 0.3) is 5.91 Å². The van der Waals surface area contributed by atoms with Crippen LogP contribution in [0.15, 0.2) is 41.9 Å². The average molecular weight is 241 g/mol. The van der Waals surface area contributed by atoms with Crippen molar-refractivity contribution in [3.05, 3.63) is 42.5 Å². The smallest absolute Gasteiger partial charge is 0.253 e. The number of rotatable bonds is 2. The molecule has 0 atom stereocenters. The van der Waals surface area contributed by atoms with Crippen molar-refractivity contribution in [2.24, 2.45) is 12.1 Å². The second-order valence-electron chi connectivity index (χ2n) is 3.97. The number of aryl methyl sites for hydroxylation is 1. The first-order valence-corrected chi connectivity index (χ1v) is 5.54. The zero-order valence-electron chi connectivity index (χ0n) is 9.82. The summed E-state index contributed by atoms with van der Waals surface area (Å²) in [6.45, 7) is 0. The minimum absolute atomic E-state index is 0.0441. The van der Waals surface area contributed by atoms with Gasteiger partial charge in [0.2, 0.25) is 0 Å². The van der Waals surface area contributed by atoms with Gasteiger partial charge in [-0.05, 0) is 18.2 Å². The topological polar surface area (TPSA) is 63.4 Å². The second-order valence-corrected chi connectivity index (χ2v) is 3.97. The maximum atomic E-state index is 12.0. The fourth-order valence-electron chi connectivity index (χ4n) is 1.92. The summed E-state index contributed by atoms with van der Waals surface area (Å²) in [6, 6.07) is 5.36. The molecule has 1 amide bonds. The monoisotopic (exact) mass is 241 g/mol. The van der Waals surface area contributed by atoms with Gasteiger partial charge < -0.3 is 0 Å². The Morgan fingerprint density at radius 1 is 1.17 bits per heavy atom. The van der Waals surface area contributed by atoms with Crippen LogP contribution < -0.4 is 5.01 Å². The third kappa shape index (κ3) is 1.67. The van der Waals surface area contributed by atoms with Crippen LogP contribution in [0.1, 0.15) is 12.1 Å². The highest BCUT2D eigenvalue weighted by Gasteiger charge is 2.27. The number of aromatic nitrogens is 3. The lowest BCUT2D eigenvalue weighted by Crippen LogP contribution is -2.19. The summed E-state index contributed by atoms with van der Waals surface area (Å²) in [5.41, 5.74) is 2.32. The summed E-state index contributed by atoms with van der Waals surface area (Å²) in [4.78, 5) is 15.9. The number of carbonyl (C=O) groups excluding carboxylic acids is 1. The number of anilines is 1. The van der Waals surface area contributed by atoms with Gasteiger partial charge in [0.05, 0.1) is 23.5 Å². The Morgan fingerprint density at radius 3 is 2.61 bits per heavy atom. The molecule has 3 heterocycles. The maximum Gasteiger partial charge on any atom is 0.253 e. The predicted molar refractivity (Wildman–Crippen MR) is 66.1 cm³/mol. The first-order chi connectivity index (χ1) is 8.75. The first-order valence-electron chi connectivity index (χ1n) is 5.54. The van der Waals surface area contributed by atoms with Crippen molar-refractivity contribution in [1.82, 2.24) is 14.8 Å². The third-order valence-electron chi connectivity index (χ3n) is 2.80. The molecule has 0 fully saturated rings. The van der Waals surface area contributed by atoms with Gasteiger partial charge >= 0.3 is 0 Å². The van der Waals surface area contributed by atoms with E-state index in [2.05, 4.69) is 15.2 Å². The van der Waals surface area contributed by atoms with E-state index < -0.39 is 0 Å². The van der Waals surface area contributed by atoms with Crippen molar-refractivity contribution < 1.29 is 4.79 Å². The Balaban J connectivity index is 1.97. The number of hydrogen-bond donors (Lipinski definition) is 0. The molecule has 0 N–H and O–H groups in total. The van der Waals surface area contributed by atoms with Crippen LogP contribution in [-0.2, 0) is 11.8 Å². The van der Waals surface area contributed by atoms with Crippen molar-refractivity contribution in [2.75, 3.05) is 5.01 Å². The number of hydrogen-bond acceptors (Lipinski definition) is 4. The number of carbonyl (C=O) groups is 1. The zero-order chi connectivity index (χ0) is 12.5. The van der Waals surface area contributed by atoms with Crippen molar-refractivity contribution in [1.29, 1.82) is 0 Å². The maximum absolute atomic E-state index is 12.0. The molecule has 90 valence electrons. The van der Waals surface area contributed by atoms with Gasteiger partial charge in [0.15, 0.2) is 0 Å². The molecular formula is C12H11N5O. The summed E-state index contributed by atoms with van der Waals surface area (Å²) < 4.78 is 1.71. The SMILES string of the molecule is Cn1nccc1C1=NN(c2ccncc2)C(=O)C1. The molecule has 0 saturated carbocycles. The molecule has 0 aliphatic carbocycles. The van der Waals surface area contributed by atoms with Crippen molar-refractivity contribution in [3.63, 3.8) is 0 Å². The zero-order valence-corrected chi connectivity index (χ0v) is 9.82. The lowest BCUT2D eigenvalue weighted by atomic mass is 10.2. The van der Waals surface area contributed by atoms with Gasteiger partial charge in [-0.25, -0.2) is 0 Å². The molecular weight excluding hydrogens is 230 g/mol. The van der Waals surface area contributed by atoms with E-state index >= 15 is 0 Å². The van der Waals surface area contributed by atoms with E-state index in [9.17, 15) is 4.79 Å². The molecule has 18 heavy (non-hydrogen) atoms. The minimum Gasteiger partial charge on any atom is -0.272 e. The molecule has 2 aromatic heterocycles. The van der Waals surface area contributed by atoms with Crippen LogP contribution in [-0.4, -0.2) is 26.4 Å². The van der Waals surface area contributed by atoms with Gasteiger partial charge in [-0.3, -0.25) is 14.5 Å². The Hall–Kier alpha value is -2.50. The van der Waals surface area contributed by atoms with Crippen LogP contribution in [0.5, 0.6) is 0 Å². The van der Waals surface area contributed by atoms with E-state index in [1.807, 2.05) is 13.1 Å². The van der Waals surface area contributed by atoms with Crippen molar-refractivity contribution >= 4 is 17.3 Å². The Labute approximate surface area is 104 Å². The summed E-state index contributed by atoms with van der Waals surface area (Å²) in [5.74, 6) is -0.0441. The van der Waals surface area contributed by atoms with Crippen LogP contribution in [0, 0.1) is 0 Å². The number of nitrogens with zero attached hydrogens (tertiary/aromatic N) is 5. The van der Waals surface area contributed by atoms with Crippen molar-refractivity contribution in [2.45, 2.75) is 6.42 Å². The van der Waals surface area contributed by atoms with E-state index in [4.69, 9.17) is 0 Å². The molecule has 2 aromatic rings. The Bertz CT molecular complexity index is 616. The first kappa shape index (κ1) is 10.6. The van der Waals surface area contributed by atoms with Crippen LogP contribution in [0.3, 0.4) is 0 Å². The van der Waals surface area contributed by atoms with Crippen LogP contribution >= 0.6 is 0 Å². The van der Waals surface area contributed by atoms with E-state index in [1.165, 1.54) is 5.01 Å². The van der Waals surface area contributed by atoms with Crippen LogP contribution in [0.25, 0.3) is 0 Å². The van der Waals surface area contributed by atoms with E-state index in [1.54, 1.807) is 35.4 Å². The third-order valence-corrected chi connectivity index (χ3v) is 2.80. The fraction of sp³-hybridized carbons (Fsp3) is 0.167. The van der Waals surface area contributed by atoms with Gasteiger partial charge in [0, 0.05) is 25.6 Å². The molecule has 6 nitrogen and oxygen atoms in total. The van der Waals surface area contributed by atoms with E-state index in [0.29, 0.717) is 6.42 Å². The number of hydrazone groups is 1. The fourth-order valence-corrected chi connectivity index (χ4v) is 1.92. The van der Waals surface area contributed by atoms with Crippen molar-refractivity contribution in [3.8, 4) is 0 Å². The summed E-state index contributed by atoms with van der Waals surface area (Å²) in [7, 11) is 1.83. The molecule has 0 radical (unpaired) electrons. The summed E-state index contributed by atoms with van der Waals surface area (Å²) in [5, 5.41) is 9.84. The van der Waals surface area contributed by atoms with Crippen LogP contribution in [0.4, 0.5) is 5.69 Å². The highest BCUT2D eigenvalue weighted by atomic mass is 16.2. The molecule has 0 aromatic carbocycles. The Kier molecular flexibility index (Phi) is 2.40. The molecule has 6 heteroatoms. The second kappa shape index (κ2) is 4.06. The summed E-state index contributed by atoms with van der Waals surface area (Å²) in [6.07, 6.45) is 5.26. The van der Waals surface area contributed by atoms with Gasteiger partial charge in [-0.2, -0.15) is 15.2 Å². The number of pyridine rings is 1. The average Bonchev–Trinajstić information content (AvgIpc) is 2.96. The molecule has 0 spiro atoms. The minimum atomic E-state index is -0.0441. The van der Waals surface area contributed by atoms with Gasteiger partial charge in [0.1, 0.15) is 0 Å². The lowest BCUT2D eigenvalue weighted by molar-refractivity contribution is -0.116. The van der Waals surface area contributed by atoms with Gasteiger partial charge in [-0.15, -0.1) is 0 Å². The van der Waals surface area contributed by atoms with E-state index in [0.717, 1.165) is 17.1 Å². The largest absolute Gasteiger partial charge is 0.272 e. The molecule has 1 aliphatic rings. The normalized spacial score (nSPS) is 15.1. The standard InChI is InChI=1S/C12H11N5O/c1-16-11(4-7-14-16)10-8-12(18)17(15-10)9-2-5-13-6-3-9/h2-7H,8H2,1H3. The predicted octanol–water partition coefficient (Wildman–Crippen LogP) is 0.956. The molecule has 1 aliphatic heterocycles. The quantitative estimate of drug-likeness (QED) is 0.786. The lowest BCUT2D eigenvalue weighted by Gasteiger charge is -2.10. The highest BCUT2D eigenvalue weighted by molar-refractivity contribution is 6.18. The molecule has 0 unspecified atom stereocenters. The highest BCUT2D eigenvalue weighted by Crippen LogP contribution is 2.21. The van der Waals surface area contributed by atoms with Gasteiger partial charge in [-0.1, -0.05) is 0 Å². The molecule has 0 bridgehead atoms. The molecule has 3 rings (SSSR count). The molecule has 0 saturated heterocycles. The summed E-state index contributed by atoms with van der Waals surface area (Å²) >= 11 is 0. The number of amides is 1.